The van der Waals surface area contributed by atoms with E-state index in [1.807, 2.05) is 62.4 Å². The monoisotopic (exact) mass is 404 g/mol. The third kappa shape index (κ3) is 3.93. The number of amides is 1. The molecule has 4 rings (SSSR count). The fraction of sp³-hybridized carbons (Fsp3) is 0.182. The summed E-state index contributed by atoms with van der Waals surface area (Å²) in [6.07, 6.45) is -0.0751. The molecule has 0 aliphatic carbocycles. The summed E-state index contributed by atoms with van der Waals surface area (Å²) in [6, 6.07) is 16.9. The highest BCUT2D eigenvalue weighted by Crippen LogP contribution is 2.23. The van der Waals surface area contributed by atoms with Crippen LogP contribution < -0.4 is 5.32 Å². The van der Waals surface area contributed by atoms with Crippen LogP contribution in [-0.4, -0.2) is 33.4 Å². The second kappa shape index (κ2) is 8.20. The van der Waals surface area contributed by atoms with Gasteiger partial charge >= 0.3 is 5.97 Å². The molecule has 30 heavy (non-hydrogen) atoms. The Kier molecular flexibility index (Phi) is 5.30. The molecule has 2 heterocycles. The number of hydrogen-bond acceptors (Lipinski definition) is 6. The van der Waals surface area contributed by atoms with Crippen molar-refractivity contribution < 1.29 is 18.8 Å². The normalized spacial score (nSPS) is 10.9. The molecule has 4 aromatic rings. The number of para-hydroxylation sites is 2. The number of nitrogens with one attached hydrogen (secondary N) is 1. The average Bonchev–Trinajstić information content (AvgIpc) is 3.29. The fourth-order valence-corrected chi connectivity index (χ4v) is 3.22. The molecule has 0 unspecified atom stereocenters. The lowest BCUT2D eigenvalue weighted by Gasteiger charge is -2.08. The molecular formula is C22H20N4O4. The number of hydrogen-bond donors (Lipinski definition) is 1. The minimum Gasteiger partial charge on any atom is -0.455 e. The predicted molar refractivity (Wildman–Crippen MR) is 110 cm³/mol. The van der Waals surface area contributed by atoms with Crippen molar-refractivity contribution in [2.45, 2.75) is 20.3 Å². The molecule has 0 spiro atoms. The fourth-order valence-electron chi connectivity index (χ4n) is 3.22. The van der Waals surface area contributed by atoms with E-state index < -0.39 is 18.5 Å². The Balaban J connectivity index is 1.37. The maximum absolute atomic E-state index is 12.3. The number of aryl methyl sites for hydroxylation is 1. The second-order valence-electron chi connectivity index (χ2n) is 6.80. The smallest absolute Gasteiger partial charge is 0.312 e. The van der Waals surface area contributed by atoms with Crippen molar-refractivity contribution in [1.82, 2.24) is 14.9 Å². The molecule has 2 aromatic heterocycles. The van der Waals surface area contributed by atoms with Crippen molar-refractivity contribution in [3.05, 3.63) is 71.7 Å². The quantitative estimate of drug-likeness (QED) is 0.495. The van der Waals surface area contributed by atoms with Crippen LogP contribution in [0.1, 0.15) is 17.1 Å². The molecule has 0 aliphatic rings. The third-order valence-corrected chi connectivity index (χ3v) is 4.68. The molecule has 2 aromatic carbocycles. The molecule has 8 nitrogen and oxygen atoms in total. The Morgan fingerprint density at radius 2 is 1.80 bits per heavy atom. The molecule has 0 aliphatic heterocycles. The summed E-state index contributed by atoms with van der Waals surface area (Å²) in [7, 11) is 0. The summed E-state index contributed by atoms with van der Waals surface area (Å²) in [5, 5.41) is 11.9. The Bertz CT molecular complexity index is 1210. The summed E-state index contributed by atoms with van der Waals surface area (Å²) >= 11 is 0. The number of benzene rings is 2. The van der Waals surface area contributed by atoms with Crippen LogP contribution in [0.5, 0.6) is 0 Å². The van der Waals surface area contributed by atoms with Gasteiger partial charge in [0.25, 0.3) is 5.91 Å². The van der Waals surface area contributed by atoms with Gasteiger partial charge in [0.2, 0.25) is 0 Å². The van der Waals surface area contributed by atoms with E-state index in [9.17, 15) is 9.59 Å². The number of rotatable bonds is 6. The first-order chi connectivity index (χ1) is 14.5. The van der Waals surface area contributed by atoms with Gasteiger partial charge < -0.3 is 14.6 Å². The number of nitrogens with zero attached hydrogens (tertiary/aromatic N) is 3. The molecule has 0 saturated heterocycles. The van der Waals surface area contributed by atoms with E-state index in [4.69, 9.17) is 9.26 Å². The Morgan fingerprint density at radius 3 is 2.60 bits per heavy atom. The molecule has 0 saturated carbocycles. The molecule has 1 N–H and O–H groups in total. The molecule has 0 bridgehead atoms. The van der Waals surface area contributed by atoms with Crippen molar-refractivity contribution in [2.24, 2.45) is 0 Å². The zero-order valence-corrected chi connectivity index (χ0v) is 16.6. The van der Waals surface area contributed by atoms with Gasteiger partial charge in [0.15, 0.2) is 12.2 Å². The number of ether oxygens (including phenoxy) is 1. The Morgan fingerprint density at radius 1 is 1.07 bits per heavy atom. The lowest BCUT2D eigenvalue weighted by molar-refractivity contribution is -0.146. The third-order valence-electron chi connectivity index (χ3n) is 4.68. The van der Waals surface area contributed by atoms with Crippen LogP contribution >= 0.6 is 0 Å². The van der Waals surface area contributed by atoms with Gasteiger partial charge in [-0.15, -0.1) is 0 Å². The van der Waals surface area contributed by atoms with Crippen molar-refractivity contribution in [1.29, 1.82) is 0 Å². The van der Waals surface area contributed by atoms with E-state index in [2.05, 4.69) is 15.6 Å². The molecule has 1 amide bonds. The van der Waals surface area contributed by atoms with Gasteiger partial charge in [-0.05, 0) is 38.1 Å². The Hall–Kier alpha value is -3.94. The van der Waals surface area contributed by atoms with Crippen LogP contribution in [0.2, 0.25) is 0 Å². The van der Waals surface area contributed by atoms with E-state index in [0.717, 1.165) is 16.8 Å². The summed E-state index contributed by atoms with van der Waals surface area (Å²) in [6.45, 7) is 3.28. The van der Waals surface area contributed by atoms with Gasteiger partial charge in [-0.25, -0.2) is 4.68 Å². The lowest BCUT2D eigenvalue weighted by atomic mass is 10.2. The molecular weight excluding hydrogens is 384 g/mol. The summed E-state index contributed by atoms with van der Waals surface area (Å²) < 4.78 is 12.0. The average molecular weight is 404 g/mol. The minimum atomic E-state index is -0.558. The molecule has 0 fully saturated rings. The summed E-state index contributed by atoms with van der Waals surface area (Å²) in [5.74, 6) is -0.996. The number of aromatic nitrogens is 3. The molecule has 152 valence electrons. The summed E-state index contributed by atoms with van der Waals surface area (Å²) in [5.41, 5.74) is 4.02. The van der Waals surface area contributed by atoms with Crippen LogP contribution in [-0.2, 0) is 20.7 Å². The topological polar surface area (TPSA) is 99.2 Å². The highest BCUT2D eigenvalue weighted by molar-refractivity contribution is 5.94. The van der Waals surface area contributed by atoms with Crippen molar-refractivity contribution in [2.75, 3.05) is 11.9 Å². The van der Waals surface area contributed by atoms with E-state index >= 15 is 0 Å². The first-order valence-electron chi connectivity index (χ1n) is 9.43. The van der Waals surface area contributed by atoms with E-state index in [1.165, 1.54) is 0 Å². The van der Waals surface area contributed by atoms with Gasteiger partial charge in [-0.3, -0.25) is 9.59 Å². The van der Waals surface area contributed by atoms with Crippen molar-refractivity contribution in [3.63, 3.8) is 0 Å². The molecule has 8 heteroatoms. The first-order valence-corrected chi connectivity index (χ1v) is 9.43. The number of carbonyl (C=O) groups excluding carboxylic acids is 2. The zero-order chi connectivity index (χ0) is 21.1. The highest BCUT2D eigenvalue weighted by Gasteiger charge is 2.17. The van der Waals surface area contributed by atoms with Crippen molar-refractivity contribution in [3.8, 4) is 5.69 Å². The van der Waals surface area contributed by atoms with Crippen LogP contribution in [0.3, 0.4) is 0 Å². The predicted octanol–water partition coefficient (Wildman–Crippen LogP) is 3.35. The van der Waals surface area contributed by atoms with E-state index in [-0.39, 0.29) is 6.42 Å². The zero-order valence-electron chi connectivity index (χ0n) is 16.6. The molecule has 0 atom stereocenters. The van der Waals surface area contributed by atoms with Crippen molar-refractivity contribution >= 4 is 28.5 Å². The lowest BCUT2D eigenvalue weighted by Crippen LogP contribution is -2.22. The maximum Gasteiger partial charge on any atom is 0.312 e. The van der Waals surface area contributed by atoms with Crippen LogP contribution in [0.25, 0.3) is 16.7 Å². The van der Waals surface area contributed by atoms with Gasteiger partial charge in [0, 0.05) is 5.39 Å². The van der Waals surface area contributed by atoms with Crippen LogP contribution in [0.15, 0.2) is 59.1 Å². The van der Waals surface area contributed by atoms with Gasteiger partial charge in [-0.2, -0.15) is 5.10 Å². The standard InChI is InChI=1S/C22H20N4O4/c1-14-22(15(2)26(24-14)16-8-4-3-5-9-16)23-20(27)13-29-21(28)12-18-17-10-6-7-11-19(17)30-25-18/h3-11H,12-13H2,1-2H3,(H,23,27). The summed E-state index contributed by atoms with van der Waals surface area (Å²) in [4.78, 5) is 24.5. The number of anilines is 1. The number of carbonyl (C=O) groups is 2. The maximum atomic E-state index is 12.3. The van der Waals surface area contributed by atoms with Gasteiger partial charge in [-0.1, -0.05) is 35.5 Å². The number of esters is 1. The van der Waals surface area contributed by atoms with Crippen LogP contribution in [0, 0.1) is 13.8 Å². The Labute approximate surface area is 172 Å². The van der Waals surface area contributed by atoms with E-state index in [0.29, 0.717) is 22.7 Å². The largest absolute Gasteiger partial charge is 0.455 e. The second-order valence-corrected chi connectivity index (χ2v) is 6.80. The first kappa shape index (κ1) is 19.4. The molecule has 0 radical (unpaired) electrons. The minimum absolute atomic E-state index is 0.0751. The van der Waals surface area contributed by atoms with Crippen LogP contribution in [0.4, 0.5) is 5.69 Å². The SMILES string of the molecule is Cc1nn(-c2ccccc2)c(C)c1NC(=O)COC(=O)Cc1noc2ccccc12. The van der Waals surface area contributed by atoms with Gasteiger partial charge in [0.05, 0.1) is 29.2 Å². The highest BCUT2D eigenvalue weighted by atomic mass is 16.5. The van der Waals surface area contributed by atoms with E-state index in [1.54, 1.807) is 10.7 Å². The van der Waals surface area contributed by atoms with Gasteiger partial charge in [0.1, 0.15) is 5.69 Å². The number of fused-ring (bicyclic) bond motifs is 1.